The van der Waals surface area contributed by atoms with E-state index in [0.29, 0.717) is 12.0 Å². The largest absolute Gasteiger partial charge is 0.378 e. The summed E-state index contributed by atoms with van der Waals surface area (Å²) in [5.41, 5.74) is 6.04. The second kappa shape index (κ2) is 8.38. The number of rotatable bonds is 4. The van der Waals surface area contributed by atoms with Crippen molar-refractivity contribution in [1.82, 2.24) is 10.2 Å². The highest BCUT2D eigenvalue weighted by atomic mass is 127. The molecule has 5 nitrogen and oxygen atoms in total. The highest BCUT2D eigenvalue weighted by molar-refractivity contribution is 14.0. The van der Waals surface area contributed by atoms with Gasteiger partial charge in [0.25, 0.3) is 0 Å². The van der Waals surface area contributed by atoms with E-state index in [1.807, 2.05) is 0 Å². The Morgan fingerprint density at radius 2 is 2.10 bits per heavy atom. The van der Waals surface area contributed by atoms with Crippen LogP contribution in [0.25, 0.3) is 0 Å². The van der Waals surface area contributed by atoms with Crippen LogP contribution in [0.2, 0.25) is 0 Å². The van der Waals surface area contributed by atoms with Crippen molar-refractivity contribution in [3.63, 3.8) is 0 Å². The number of ether oxygens (including phenoxy) is 1. The van der Waals surface area contributed by atoms with E-state index >= 15 is 0 Å². The second-order valence-corrected chi connectivity index (χ2v) is 6.24. The minimum absolute atomic E-state index is 0. The molecule has 0 amide bonds. The summed E-state index contributed by atoms with van der Waals surface area (Å²) in [5.74, 6) is 0.609. The number of halogens is 1. The molecular formula is C14H29IN4O. The highest BCUT2D eigenvalue weighted by Gasteiger charge is 2.29. The molecule has 0 aromatic rings. The van der Waals surface area contributed by atoms with Gasteiger partial charge in [0.05, 0.1) is 19.8 Å². The Bertz CT molecular complexity index is 316. The topological polar surface area (TPSA) is 62.9 Å². The van der Waals surface area contributed by atoms with Crippen molar-refractivity contribution in [2.45, 2.75) is 51.1 Å². The van der Waals surface area contributed by atoms with Crippen LogP contribution in [-0.2, 0) is 4.74 Å². The number of nitrogens with one attached hydrogen (secondary N) is 1. The van der Waals surface area contributed by atoms with Crippen molar-refractivity contribution in [3.05, 3.63) is 0 Å². The molecule has 118 valence electrons. The second-order valence-electron chi connectivity index (χ2n) is 6.24. The third kappa shape index (κ3) is 5.37. The normalized spacial score (nSPS) is 24.4. The van der Waals surface area contributed by atoms with Crippen LogP contribution >= 0.6 is 24.0 Å². The van der Waals surface area contributed by atoms with E-state index in [9.17, 15) is 0 Å². The predicted octanol–water partition coefficient (Wildman–Crippen LogP) is 1.56. The maximum atomic E-state index is 5.93. The van der Waals surface area contributed by atoms with Gasteiger partial charge in [-0.15, -0.1) is 24.0 Å². The molecule has 1 saturated carbocycles. The molecule has 0 unspecified atom stereocenters. The SMILES string of the molecule is CC1(C)COCCN1CCN=C(N)NC1CCCC1.I. The number of guanidine groups is 1. The average Bonchev–Trinajstić information content (AvgIpc) is 2.84. The molecule has 0 atom stereocenters. The quantitative estimate of drug-likeness (QED) is 0.430. The van der Waals surface area contributed by atoms with Gasteiger partial charge in [-0.25, -0.2) is 0 Å². The van der Waals surface area contributed by atoms with E-state index in [1.165, 1.54) is 25.7 Å². The molecule has 2 fully saturated rings. The Morgan fingerprint density at radius 1 is 1.40 bits per heavy atom. The van der Waals surface area contributed by atoms with Crippen molar-refractivity contribution in [2.75, 3.05) is 32.8 Å². The lowest BCUT2D eigenvalue weighted by molar-refractivity contribution is -0.0491. The summed E-state index contributed by atoms with van der Waals surface area (Å²) in [4.78, 5) is 6.88. The van der Waals surface area contributed by atoms with Crippen LogP contribution in [0.1, 0.15) is 39.5 Å². The average molecular weight is 396 g/mol. The van der Waals surface area contributed by atoms with E-state index in [-0.39, 0.29) is 29.5 Å². The first kappa shape index (κ1) is 18.0. The van der Waals surface area contributed by atoms with Crippen molar-refractivity contribution < 1.29 is 4.74 Å². The van der Waals surface area contributed by atoms with Crippen LogP contribution in [0, 0.1) is 0 Å². The Hall–Kier alpha value is -0.0800. The Kier molecular flexibility index (Phi) is 7.53. The number of nitrogens with zero attached hydrogens (tertiary/aromatic N) is 2. The molecule has 6 heteroatoms. The summed E-state index contributed by atoms with van der Waals surface area (Å²) >= 11 is 0. The number of hydrogen-bond acceptors (Lipinski definition) is 3. The molecule has 0 aromatic heterocycles. The lowest BCUT2D eigenvalue weighted by atomic mass is 10.0. The summed E-state index contributed by atoms with van der Waals surface area (Å²) in [5, 5.41) is 3.32. The zero-order valence-corrected chi connectivity index (χ0v) is 15.1. The van der Waals surface area contributed by atoms with E-state index in [4.69, 9.17) is 10.5 Å². The van der Waals surface area contributed by atoms with Gasteiger partial charge in [0.2, 0.25) is 0 Å². The molecule has 0 radical (unpaired) electrons. The van der Waals surface area contributed by atoms with Crippen LogP contribution in [0.4, 0.5) is 0 Å². The Labute approximate surface area is 139 Å². The van der Waals surface area contributed by atoms with Crippen molar-refractivity contribution in [3.8, 4) is 0 Å². The third-order valence-electron chi connectivity index (χ3n) is 4.18. The smallest absolute Gasteiger partial charge is 0.188 e. The van der Waals surface area contributed by atoms with Gasteiger partial charge in [-0.3, -0.25) is 9.89 Å². The number of nitrogens with two attached hydrogens (primary N) is 1. The van der Waals surface area contributed by atoms with Crippen LogP contribution in [0.3, 0.4) is 0 Å². The van der Waals surface area contributed by atoms with Crippen molar-refractivity contribution >= 4 is 29.9 Å². The summed E-state index contributed by atoms with van der Waals surface area (Å²) in [7, 11) is 0. The fourth-order valence-corrected chi connectivity index (χ4v) is 2.92. The van der Waals surface area contributed by atoms with Crippen LogP contribution in [-0.4, -0.2) is 55.3 Å². The fraction of sp³-hybridized carbons (Fsp3) is 0.929. The van der Waals surface area contributed by atoms with Gasteiger partial charge in [-0.1, -0.05) is 12.8 Å². The maximum Gasteiger partial charge on any atom is 0.188 e. The number of hydrogen-bond donors (Lipinski definition) is 2. The molecular weight excluding hydrogens is 367 g/mol. The monoisotopic (exact) mass is 396 g/mol. The lowest BCUT2D eigenvalue weighted by Crippen LogP contribution is -2.53. The minimum atomic E-state index is 0. The first-order valence-electron chi connectivity index (χ1n) is 7.47. The first-order chi connectivity index (χ1) is 9.08. The summed E-state index contributed by atoms with van der Waals surface area (Å²) in [6, 6.07) is 0.545. The molecule has 2 aliphatic rings. The molecule has 2 rings (SSSR count). The molecule has 0 aromatic carbocycles. The summed E-state index contributed by atoms with van der Waals surface area (Å²) in [6.07, 6.45) is 5.08. The van der Waals surface area contributed by atoms with Gasteiger partial charge in [-0.2, -0.15) is 0 Å². The van der Waals surface area contributed by atoms with Crippen molar-refractivity contribution in [2.24, 2.45) is 10.7 Å². The third-order valence-corrected chi connectivity index (χ3v) is 4.18. The van der Waals surface area contributed by atoms with Crippen molar-refractivity contribution in [1.29, 1.82) is 0 Å². The molecule has 1 aliphatic heterocycles. The minimum Gasteiger partial charge on any atom is -0.378 e. The van der Waals surface area contributed by atoms with Gasteiger partial charge in [0.1, 0.15) is 0 Å². The molecule has 0 spiro atoms. The van der Waals surface area contributed by atoms with Gasteiger partial charge in [0.15, 0.2) is 5.96 Å². The lowest BCUT2D eigenvalue weighted by Gasteiger charge is -2.41. The summed E-state index contributed by atoms with van der Waals surface area (Å²) in [6.45, 7) is 8.75. The first-order valence-corrected chi connectivity index (χ1v) is 7.47. The van der Waals surface area contributed by atoms with E-state index in [1.54, 1.807) is 0 Å². The fourth-order valence-electron chi connectivity index (χ4n) is 2.92. The molecule has 3 N–H and O–H groups in total. The predicted molar refractivity (Wildman–Crippen MR) is 93.8 cm³/mol. The molecule has 1 aliphatic carbocycles. The van der Waals surface area contributed by atoms with Gasteiger partial charge >= 0.3 is 0 Å². The summed E-state index contributed by atoms with van der Waals surface area (Å²) < 4.78 is 5.52. The van der Waals surface area contributed by atoms with Gasteiger partial charge < -0.3 is 15.8 Å². The zero-order valence-electron chi connectivity index (χ0n) is 12.7. The van der Waals surface area contributed by atoms with Gasteiger partial charge in [-0.05, 0) is 26.7 Å². The van der Waals surface area contributed by atoms with E-state index in [2.05, 4.69) is 29.1 Å². The Balaban J connectivity index is 0.00000200. The van der Waals surface area contributed by atoms with Crippen LogP contribution in [0.5, 0.6) is 0 Å². The van der Waals surface area contributed by atoms with Crippen LogP contribution in [0.15, 0.2) is 4.99 Å². The standard InChI is InChI=1S/C14H28N4O.HI/c1-14(2)11-19-10-9-18(14)8-7-16-13(15)17-12-5-3-4-6-12;/h12H,3-11H2,1-2H3,(H3,15,16,17);1H. The maximum absolute atomic E-state index is 5.93. The molecule has 1 saturated heterocycles. The Morgan fingerprint density at radius 3 is 2.75 bits per heavy atom. The molecule has 0 bridgehead atoms. The van der Waals surface area contributed by atoms with Gasteiger partial charge in [0, 0.05) is 24.7 Å². The van der Waals surface area contributed by atoms with Crippen LogP contribution < -0.4 is 11.1 Å². The number of aliphatic imine (C=N–C) groups is 1. The van der Waals surface area contributed by atoms with E-state index in [0.717, 1.165) is 32.8 Å². The molecule has 1 heterocycles. The highest BCUT2D eigenvalue weighted by Crippen LogP contribution is 2.18. The zero-order chi connectivity index (χ0) is 13.7. The van der Waals surface area contributed by atoms with E-state index < -0.39 is 0 Å². The molecule has 20 heavy (non-hydrogen) atoms. The number of morpholine rings is 1.